The number of amides is 1. The minimum absolute atomic E-state index is 0.0292. The molecule has 1 amide bonds. The molecule has 0 aromatic carbocycles. The average molecular weight is 312 g/mol. The lowest BCUT2D eigenvalue weighted by Crippen LogP contribution is -2.53. The number of halogens is 1. The van der Waals surface area contributed by atoms with E-state index in [1.165, 1.54) is 0 Å². The lowest BCUT2D eigenvalue weighted by molar-refractivity contribution is -0.127. The van der Waals surface area contributed by atoms with Crippen molar-refractivity contribution in [2.45, 2.75) is 43.8 Å². The van der Waals surface area contributed by atoms with Crippen molar-refractivity contribution in [3.63, 3.8) is 0 Å². The lowest BCUT2D eigenvalue weighted by atomic mass is 9.80. The molecule has 5 unspecified atom stereocenters. The normalized spacial score (nSPS) is 44.0. The SMILES string of the molecule is O=C1NCCN2C3C(CC(F)CC13)NC2N1CCCOCC1. The van der Waals surface area contributed by atoms with Crippen LogP contribution in [0.1, 0.15) is 19.3 Å². The average Bonchev–Trinajstić information content (AvgIpc) is 2.69. The summed E-state index contributed by atoms with van der Waals surface area (Å²) in [5.41, 5.74) is 0. The Bertz CT molecular complexity index is 430. The molecule has 3 heterocycles. The van der Waals surface area contributed by atoms with Gasteiger partial charge in [0.15, 0.2) is 0 Å². The molecule has 6 nitrogen and oxygen atoms in total. The Kier molecular flexibility index (Phi) is 4.06. The van der Waals surface area contributed by atoms with Crippen LogP contribution in [-0.4, -0.2) is 79.6 Å². The largest absolute Gasteiger partial charge is 0.380 e. The van der Waals surface area contributed by atoms with Gasteiger partial charge in [-0.25, -0.2) is 4.39 Å². The Labute approximate surface area is 130 Å². The van der Waals surface area contributed by atoms with Gasteiger partial charge in [-0.3, -0.25) is 19.9 Å². The molecule has 0 bridgehead atoms. The highest BCUT2D eigenvalue weighted by molar-refractivity contribution is 5.80. The van der Waals surface area contributed by atoms with Gasteiger partial charge >= 0.3 is 0 Å². The third-order valence-corrected chi connectivity index (χ3v) is 5.51. The first-order valence-corrected chi connectivity index (χ1v) is 8.49. The van der Waals surface area contributed by atoms with Crippen LogP contribution in [0.2, 0.25) is 0 Å². The Morgan fingerprint density at radius 3 is 3.00 bits per heavy atom. The molecule has 0 aromatic heterocycles. The van der Waals surface area contributed by atoms with E-state index in [4.69, 9.17) is 4.74 Å². The van der Waals surface area contributed by atoms with Crippen LogP contribution in [0.25, 0.3) is 0 Å². The highest BCUT2D eigenvalue weighted by Crippen LogP contribution is 2.37. The van der Waals surface area contributed by atoms with E-state index in [-0.39, 0.29) is 30.2 Å². The number of hydrogen-bond acceptors (Lipinski definition) is 5. The summed E-state index contributed by atoms with van der Waals surface area (Å²) >= 11 is 0. The Morgan fingerprint density at radius 1 is 1.18 bits per heavy atom. The van der Waals surface area contributed by atoms with Crippen LogP contribution < -0.4 is 10.6 Å². The van der Waals surface area contributed by atoms with Gasteiger partial charge in [0, 0.05) is 44.9 Å². The molecular formula is C15H25FN4O2. The highest BCUT2D eigenvalue weighted by atomic mass is 19.1. The van der Waals surface area contributed by atoms with E-state index in [1.54, 1.807) is 0 Å². The Hall–Kier alpha value is -0.760. The molecule has 4 fully saturated rings. The summed E-state index contributed by atoms with van der Waals surface area (Å²) in [4.78, 5) is 17.1. The van der Waals surface area contributed by atoms with Crippen molar-refractivity contribution >= 4 is 5.91 Å². The molecule has 0 radical (unpaired) electrons. The molecule has 2 N–H and O–H groups in total. The van der Waals surface area contributed by atoms with Gasteiger partial charge in [-0.15, -0.1) is 0 Å². The molecule has 124 valence electrons. The molecule has 3 aliphatic heterocycles. The summed E-state index contributed by atoms with van der Waals surface area (Å²) in [6.45, 7) is 4.91. The van der Waals surface area contributed by atoms with Crippen molar-refractivity contribution in [2.24, 2.45) is 5.92 Å². The second kappa shape index (κ2) is 6.03. The number of carbonyl (C=O) groups is 1. The lowest BCUT2D eigenvalue weighted by Gasteiger charge is -2.38. The second-order valence-electron chi connectivity index (χ2n) is 6.84. The van der Waals surface area contributed by atoms with Crippen LogP contribution in [0.4, 0.5) is 4.39 Å². The number of carbonyl (C=O) groups excluding carboxylic acids is 1. The summed E-state index contributed by atoms with van der Waals surface area (Å²) in [7, 11) is 0. The first kappa shape index (κ1) is 14.8. The molecule has 0 spiro atoms. The third-order valence-electron chi connectivity index (χ3n) is 5.51. The maximum Gasteiger partial charge on any atom is 0.224 e. The van der Waals surface area contributed by atoms with Gasteiger partial charge in [0.2, 0.25) is 5.91 Å². The summed E-state index contributed by atoms with van der Waals surface area (Å²) in [5, 5.41) is 6.58. The van der Waals surface area contributed by atoms with Crippen LogP contribution >= 0.6 is 0 Å². The van der Waals surface area contributed by atoms with Gasteiger partial charge < -0.3 is 10.1 Å². The van der Waals surface area contributed by atoms with E-state index in [1.807, 2.05) is 0 Å². The quantitative estimate of drug-likeness (QED) is 0.684. The van der Waals surface area contributed by atoms with Crippen LogP contribution in [-0.2, 0) is 9.53 Å². The smallest absolute Gasteiger partial charge is 0.224 e. The molecule has 4 aliphatic rings. The first-order chi connectivity index (χ1) is 10.7. The monoisotopic (exact) mass is 312 g/mol. The van der Waals surface area contributed by atoms with Crippen LogP contribution in [0.3, 0.4) is 0 Å². The van der Waals surface area contributed by atoms with Crippen LogP contribution in [0, 0.1) is 5.92 Å². The predicted molar refractivity (Wildman–Crippen MR) is 78.8 cm³/mol. The van der Waals surface area contributed by atoms with Crippen molar-refractivity contribution in [1.29, 1.82) is 0 Å². The number of hydrogen-bond donors (Lipinski definition) is 2. The van der Waals surface area contributed by atoms with Gasteiger partial charge in [-0.2, -0.15) is 0 Å². The maximum atomic E-state index is 14.1. The number of rotatable bonds is 1. The van der Waals surface area contributed by atoms with E-state index in [2.05, 4.69) is 20.4 Å². The highest BCUT2D eigenvalue weighted by Gasteiger charge is 2.53. The van der Waals surface area contributed by atoms with E-state index >= 15 is 0 Å². The molecular weight excluding hydrogens is 287 g/mol. The maximum absolute atomic E-state index is 14.1. The zero-order valence-electron chi connectivity index (χ0n) is 12.8. The van der Waals surface area contributed by atoms with Gasteiger partial charge in [0.1, 0.15) is 12.5 Å². The van der Waals surface area contributed by atoms with E-state index in [0.717, 1.165) is 39.3 Å². The van der Waals surface area contributed by atoms with Crippen LogP contribution in [0.5, 0.6) is 0 Å². The summed E-state index contributed by atoms with van der Waals surface area (Å²) in [5.74, 6) is -0.196. The van der Waals surface area contributed by atoms with Crippen molar-refractivity contribution in [2.75, 3.05) is 39.4 Å². The van der Waals surface area contributed by atoms with Crippen molar-refractivity contribution in [3.8, 4) is 0 Å². The van der Waals surface area contributed by atoms with Crippen molar-refractivity contribution in [1.82, 2.24) is 20.4 Å². The molecule has 4 rings (SSSR count). The van der Waals surface area contributed by atoms with Gasteiger partial charge in [-0.05, 0) is 19.3 Å². The molecule has 1 saturated carbocycles. The topological polar surface area (TPSA) is 56.8 Å². The van der Waals surface area contributed by atoms with E-state index < -0.39 is 6.17 Å². The third kappa shape index (κ3) is 2.54. The van der Waals surface area contributed by atoms with Crippen molar-refractivity contribution < 1.29 is 13.9 Å². The molecule has 3 saturated heterocycles. The summed E-state index contributed by atoms with van der Waals surface area (Å²) in [6, 6.07) is 0.204. The van der Waals surface area contributed by atoms with E-state index in [0.29, 0.717) is 19.4 Å². The van der Waals surface area contributed by atoms with Crippen molar-refractivity contribution in [3.05, 3.63) is 0 Å². The van der Waals surface area contributed by atoms with Gasteiger partial charge in [0.05, 0.1) is 12.5 Å². The second-order valence-corrected chi connectivity index (χ2v) is 6.84. The number of nitrogens with one attached hydrogen (secondary N) is 2. The number of nitrogens with zero attached hydrogens (tertiary/aromatic N) is 2. The zero-order chi connectivity index (χ0) is 15.1. The summed E-state index contributed by atoms with van der Waals surface area (Å²) in [6.07, 6.45) is 1.13. The van der Waals surface area contributed by atoms with Crippen LogP contribution in [0.15, 0.2) is 0 Å². The van der Waals surface area contributed by atoms with E-state index in [9.17, 15) is 9.18 Å². The molecule has 1 aliphatic carbocycles. The van der Waals surface area contributed by atoms with Gasteiger partial charge in [-0.1, -0.05) is 0 Å². The fourth-order valence-corrected chi connectivity index (χ4v) is 4.58. The molecule has 5 atom stereocenters. The summed E-state index contributed by atoms with van der Waals surface area (Å²) < 4.78 is 19.6. The fraction of sp³-hybridized carbons (Fsp3) is 0.933. The van der Waals surface area contributed by atoms with Gasteiger partial charge in [0.25, 0.3) is 0 Å². The predicted octanol–water partition coefficient (Wildman–Crippen LogP) is -0.487. The minimum Gasteiger partial charge on any atom is -0.380 e. The number of ether oxygens (including phenoxy) is 1. The zero-order valence-corrected chi connectivity index (χ0v) is 12.8. The fourth-order valence-electron chi connectivity index (χ4n) is 4.58. The number of alkyl halides is 1. The molecule has 0 aromatic rings. The standard InChI is InChI=1S/C15H25FN4O2/c16-10-8-11-13-12(9-10)18-15(19-3-1-6-22-7-5-19)20(13)4-2-17-14(11)21/h10-13,15,18H,1-9H2,(H,17,21). The first-order valence-electron chi connectivity index (χ1n) is 8.49. The Balaban J connectivity index is 1.59. The minimum atomic E-state index is -0.879. The molecule has 7 heteroatoms. The Morgan fingerprint density at radius 2 is 2.09 bits per heavy atom. The molecule has 22 heavy (non-hydrogen) atoms.